The highest BCUT2D eigenvalue weighted by Gasteiger charge is 2.41. The van der Waals surface area contributed by atoms with E-state index in [1.165, 1.54) is 10.8 Å². The molecule has 34 heavy (non-hydrogen) atoms. The molecule has 8 nitrogen and oxygen atoms in total. The van der Waals surface area contributed by atoms with Gasteiger partial charge in [0.1, 0.15) is 5.56 Å². The molecule has 0 saturated carbocycles. The van der Waals surface area contributed by atoms with Crippen LogP contribution in [0.4, 0.5) is 0 Å². The summed E-state index contributed by atoms with van der Waals surface area (Å²) in [6.45, 7) is 2.65. The molecule has 2 atom stereocenters. The van der Waals surface area contributed by atoms with Crippen molar-refractivity contribution in [3.63, 3.8) is 0 Å². The molecule has 0 spiro atoms. The first-order valence-corrected chi connectivity index (χ1v) is 11.3. The third-order valence-electron chi connectivity index (χ3n) is 6.46. The third-order valence-corrected chi connectivity index (χ3v) is 6.46. The number of hydrogen-bond acceptors (Lipinski definition) is 5. The van der Waals surface area contributed by atoms with Crippen LogP contribution in [0.5, 0.6) is 5.75 Å². The Balaban J connectivity index is 1.52. The quantitative estimate of drug-likeness (QED) is 0.625. The lowest BCUT2D eigenvalue weighted by Gasteiger charge is -2.44. The van der Waals surface area contributed by atoms with Gasteiger partial charge in [-0.2, -0.15) is 0 Å². The summed E-state index contributed by atoms with van der Waals surface area (Å²) >= 11 is 0. The van der Waals surface area contributed by atoms with E-state index in [0.29, 0.717) is 13.0 Å². The van der Waals surface area contributed by atoms with Gasteiger partial charge in [0.25, 0.3) is 11.8 Å². The number of hydrogen-bond donors (Lipinski definition) is 2. The summed E-state index contributed by atoms with van der Waals surface area (Å²) < 4.78 is 7.21. The van der Waals surface area contributed by atoms with E-state index in [1.807, 2.05) is 67.6 Å². The molecule has 3 heterocycles. The van der Waals surface area contributed by atoms with Gasteiger partial charge in [0.05, 0.1) is 19.2 Å². The number of pyridine rings is 1. The number of rotatable bonds is 4. The Morgan fingerprint density at radius 2 is 1.68 bits per heavy atom. The Labute approximate surface area is 196 Å². The van der Waals surface area contributed by atoms with Gasteiger partial charge in [-0.25, -0.2) is 0 Å². The fourth-order valence-corrected chi connectivity index (χ4v) is 4.68. The number of fused-ring (bicyclic) bond motifs is 2. The van der Waals surface area contributed by atoms with Crippen LogP contribution in [-0.4, -0.2) is 45.3 Å². The van der Waals surface area contributed by atoms with E-state index < -0.39 is 35.3 Å². The van der Waals surface area contributed by atoms with Crippen molar-refractivity contribution in [1.82, 2.24) is 14.8 Å². The molecule has 0 unspecified atom stereocenters. The first kappa shape index (κ1) is 21.9. The molecule has 2 amide bonds. The second-order valence-corrected chi connectivity index (χ2v) is 8.62. The van der Waals surface area contributed by atoms with Gasteiger partial charge in [-0.15, -0.1) is 0 Å². The minimum atomic E-state index is -0.874. The first-order chi connectivity index (χ1) is 16.5. The number of aromatic nitrogens is 1. The predicted molar refractivity (Wildman–Crippen MR) is 125 cm³/mol. The van der Waals surface area contributed by atoms with Crippen molar-refractivity contribution >= 4 is 11.8 Å². The van der Waals surface area contributed by atoms with Crippen molar-refractivity contribution in [2.75, 3.05) is 6.61 Å². The van der Waals surface area contributed by atoms with Crippen LogP contribution in [-0.2, 0) is 11.3 Å². The van der Waals surface area contributed by atoms with E-state index in [2.05, 4.69) is 5.32 Å². The lowest BCUT2D eigenvalue weighted by atomic mass is 9.98. The second kappa shape index (κ2) is 8.79. The average molecular weight is 460 g/mol. The van der Waals surface area contributed by atoms with E-state index in [4.69, 9.17) is 4.74 Å². The van der Waals surface area contributed by atoms with E-state index in [0.717, 1.165) is 11.1 Å². The molecule has 174 valence electrons. The summed E-state index contributed by atoms with van der Waals surface area (Å²) in [5.74, 6) is -1.83. The number of nitrogens with zero attached hydrogens (tertiary/aromatic N) is 2. The molecule has 2 aliphatic rings. The van der Waals surface area contributed by atoms with E-state index in [-0.39, 0.29) is 23.8 Å². The lowest BCUT2D eigenvalue weighted by Crippen LogP contribution is -2.57. The monoisotopic (exact) mass is 459 g/mol. The lowest BCUT2D eigenvalue weighted by molar-refractivity contribution is -0.112. The zero-order valence-corrected chi connectivity index (χ0v) is 18.7. The summed E-state index contributed by atoms with van der Waals surface area (Å²) in [6, 6.07) is 18.3. The Kier molecular flexibility index (Phi) is 5.67. The van der Waals surface area contributed by atoms with Crippen LogP contribution in [0.1, 0.15) is 51.4 Å². The Hall–Kier alpha value is -3.91. The number of benzene rings is 2. The van der Waals surface area contributed by atoms with Crippen LogP contribution >= 0.6 is 0 Å². The standard InChI is InChI=1S/C26H25N3O5/c1-16-12-13-34-20-15-28-14-19(23(30)24(31)22(28)26(33)29(16)20)25(32)27-21(17-8-4-2-5-9-17)18-10-6-3-7-11-18/h2-11,14,16,20-21,31H,12-13,15H2,1H3,(H,27,32)/t16-,20+/m1/s1. The number of nitrogens with one attached hydrogen (secondary N) is 1. The highest BCUT2D eigenvalue weighted by molar-refractivity contribution is 5.99. The zero-order valence-electron chi connectivity index (χ0n) is 18.7. The number of carbonyl (C=O) groups excluding carboxylic acids is 2. The van der Waals surface area contributed by atoms with Crippen LogP contribution in [0.15, 0.2) is 71.7 Å². The fraction of sp³-hybridized carbons (Fsp3) is 0.269. The maximum Gasteiger partial charge on any atom is 0.276 e. The molecule has 2 N–H and O–H groups in total. The van der Waals surface area contributed by atoms with Crippen molar-refractivity contribution in [3.05, 3.63) is 99.5 Å². The summed E-state index contributed by atoms with van der Waals surface area (Å²) in [6.07, 6.45) is 1.51. The highest BCUT2D eigenvalue weighted by atomic mass is 16.5. The summed E-state index contributed by atoms with van der Waals surface area (Å²) in [5.41, 5.74) is 0.474. The average Bonchev–Trinajstić information content (AvgIpc) is 2.85. The molecule has 8 heteroatoms. The maximum atomic E-state index is 13.3. The van der Waals surface area contributed by atoms with Crippen LogP contribution in [0, 0.1) is 0 Å². The van der Waals surface area contributed by atoms with E-state index in [9.17, 15) is 19.5 Å². The molecule has 1 aromatic heterocycles. The normalized spacial score (nSPS) is 19.5. The van der Waals surface area contributed by atoms with Gasteiger partial charge in [-0.1, -0.05) is 60.7 Å². The van der Waals surface area contributed by atoms with E-state index >= 15 is 0 Å². The molecule has 5 rings (SSSR count). The highest BCUT2D eigenvalue weighted by Crippen LogP contribution is 2.29. The molecule has 3 aromatic rings. The largest absolute Gasteiger partial charge is 0.503 e. The minimum absolute atomic E-state index is 0.0741. The zero-order chi connectivity index (χ0) is 23.8. The van der Waals surface area contributed by atoms with Crippen molar-refractivity contribution in [2.45, 2.75) is 38.2 Å². The van der Waals surface area contributed by atoms with Gasteiger partial charge in [0.15, 0.2) is 17.7 Å². The van der Waals surface area contributed by atoms with Crippen LogP contribution in [0.3, 0.4) is 0 Å². The van der Waals surface area contributed by atoms with E-state index in [1.54, 1.807) is 4.90 Å². The van der Waals surface area contributed by atoms with Gasteiger partial charge in [-0.3, -0.25) is 14.4 Å². The van der Waals surface area contributed by atoms with Gasteiger partial charge < -0.3 is 24.6 Å². The second-order valence-electron chi connectivity index (χ2n) is 8.62. The molecular weight excluding hydrogens is 434 g/mol. The molecule has 2 aliphatic heterocycles. The van der Waals surface area contributed by atoms with Gasteiger partial charge >= 0.3 is 0 Å². The Morgan fingerprint density at radius 1 is 1.06 bits per heavy atom. The van der Waals surface area contributed by atoms with Crippen molar-refractivity contribution < 1.29 is 19.4 Å². The molecule has 1 fully saturated rings. The third kappa shape index (κ3) is 3.76. The number of amides is 2. The van der Waals surface area contributed by atoms with Crippen molar-refractivity contribution in [3.8, 4) is 5.75 Å². The minimum Gasteiger partial charge on any atom is -0.503 e. The van der Waals surface area contributed by atoms with Crippen LogP contribution in [0.25, 0.3) is 0 Å². The number of ether oxygens (including phenoxy) is 1. The topological polar surface area (TPSA) is 101 Å². The molecule has 0 bridgehead atoms. The predicted octanol–water partition coefficient (Wildman–Crippen LogP) is 2.66. The molecule has 0 radical (unpaired) electrons. The van der Waals surface area contributed by atoms with Gasteiger partial charge in [0.2, 0.25) is 5.43 Å². The van der Waals surface area contributed by atoms with Gasteiger partial charge in [0, 0.05) is 12.2 Å². The Morgan fingerprint density at radius 3 is 2.29 bits per heavy atom. The van der Waals surface area contributed by atoms with Crippen molar-refractivity contribution in [1.29, 1.82) is 0 Å². The van der Waals surface area contributed by atoms with Crippen LogP contribution in [0.2, 0.25) is 0 Å². The van der Waals surface area contributed by atoms with Gasteiger partial charge in [-0.05, 0) is 24.5 Å². The first-order valence-electron chi connectivity index (χ1n) is 11.3. The molecule has 0 aliphatic carbocycles. The molecule has 1 saturated heterocycles. The van der Waals surface area contributed by atoms with Crippen LogP contribution < -0.4 is 10.7 Å². The molecular formula is C26H25N3O5. The summed E-state index contributed by atoms with van der Waals surface area (Å²) in [7, 11) is 0. The molecule has 2 aromatic carbocycles. The summed E-state index contributed by atoms with van der Waals surface area (Å²) in [4.78, 5) is 41.0. The fourth-order valence-electron chi connectivity index (χ4n) is 4.68. The summed E-state index contributed by atoms with van der Waals surface area (Å²) in [5, 5.41) is 13.6. The Bertz CT molecular complexity index is 1250. The SMILES string of the molecule is C[C@@H]1CCO[C@H]2Cn3cc(C(=O)NC(c4ccccc4)c4ccccc4)c(=O)c(O)c3C(=O)N12. The maximum absolute atomic E-state index is 13.3. The van der Waals surface area contributed by atoms with Crippen molar-refractivity contribution in [2.24, 2.45) is 0 Å². The number of carbonyl (C=O) groups is 2. The smallest absolute Gasteiger partial charge is 0.276 e. The number of aromatic hydroxyl groups is 1.